The Hall–Kier alpha value is 0.0300. The number of nitrogens with zero attached hydrogens (tertiary/aromatic N) is 2. The second kappa shape index (κ2) is 5.94. The number of aromatic nitrogens is 2. The Morgan fingerprint density at radius 1 is 1.27 bits per heavy atom. The Morgan fingerprint density at radius 2 is 1.93 bits per heavy atom. The number of carboxylic acids is 1. The average molecular weight is 234 g/mol. The summed E-state index contributed by atoms with van der Waals surface area (Å²) in [4.78, 5) is 10.5. The monoisotopic (exact) mass is 234 g/mol. The zero-order valence-electron chi connectivity index (χ0n) is 8.73. The van der Waals surface area contributed by atoms with Crippen molar-refractivity contribution in [3.8, 4) is 0 Å². The Bertz CT molecular complexity index is 337. The molecule has 1 aliphatic rings. The van der Waals surface area contributed by atoms with Crippen LogP contribution in [0.3, 0.4) is 0 Å². The predicted molar refractivity (Wildman–Crippen MR) is 50.1 cm³/mol. The fourth-order valence-electron chi connectivity index (χ4n) is 1.83. The van der Waals surface area contributed by atoms with E-state index < -0.39 is 5.97 Å². The van der Waals surface area contributed by atoms with E-state index >= 15 is 0 Å². The van der Waals surface area contributed by atoms with Crippen LogP contribution in [0.4, 0.5) is 0 Å². The molecule has 0 bridgehead atoms. The summed E-state index contributed by atoms with van der Waals surface area (Å²) in [6, 6.07) is 0. The van der Waals surface area contributed by atoms with Gasteiger partial charge >= 0.3 is 29.6 Å². The summed E-state index contributed by atoms with van der Waals surface area (Å²) in [5, 5.41) is 18.9. The maximum absolute atomic E-state index is 10.5. The molecule has 15 heavy (non-hydrogen) atoms. The van der Waals surface area contributed by atoms with E-state index in [1.807, 2.05) is 0 Å². The first-order valence-corrected chi connectivity index (χ1v) is 5.64. The van der Waals surface area contributed by atoms with Gasteiger partial charge < -0.3 is 9.90 Å². The molecule has 6 heteroatoms. The van der Waals surface area contributed by atoms with Crippen molar-refractivity contribution in [3.63, 3.8) is 0 Å². The van der Waals surface area contributed by atoms with Crippen LogP contribution in [0.15, 0.2) is 0 Å². The van der Waals surface area contributed by atoms with E-state index in [0.29, 0.717) is 5.92 Å². The summed E-state index contributed by atoms with van der Waals surface area (Å²) in [5.41, 5.74) is 0. The molecule has 0 saturated heterocycles. The number of hydrogen-bond acceptors (Lipinski definition) is 5. The van der Waals surface area contributed by atoms with E-state index in [-0.39, 0.29) is 34.6 Å². The largest absolute Gasteiger partial charge is 1.00 e. The quantitative estimate of drug-likeness (QED) is 0.553. The zero-order chi connectivity index (χ0) is 9.97. The topological polar surface area (TPSA) is 65.9 Å². The van der Waals surface area contributed by atoms with Crippen LogP contribution in [0.1, 0.15) is 52.8 Å². The minimum atomic E-state index is -1.22. The molecule has 1 saturated carbocycles. The average Bonchev–Trinajstić information content (AvgIpc) is 2.68. The molecule has 1 heterocycles. The second-order valence-corrected chi connectivity index (χ2v) is 4.58. The van der Waals surface area contributed by atoms with Crippen LogP contribution >= 0.6 is 11.3 Å². The first kappa shape index (κ1) is 13.1. The third-order valence-corrected chi connectivity index (χ3v) is 3.64. The molecular weight excluding hydrogens is 223 g/mol. The summed E-state index contributed by atoms with van der Waals surface area (Å²) in [7, 11) is 0. The van der Waals surface area contributed by atoms with Gasteiger partial charge in [0.2, 0.25) is 0 Å². The van der Waals surface area contributed by atoms with Gasteiger partial charge in [-0.2, -0.15) is 0 Å². The summed E-state index contributed by atoms with van der Waals surface area (Å²) in [6.07, 6.45) is 5.93. The maximum Gasteiger partial charge on any atom is 1.00 e. The van der Waals surface area contributed by atoms with Crippen molar-refractivity contribution >= 4 is 17.3 Å². The van der Waals surface area contributed by atoms with Crippen molar-refractivity contribution in [2.45, 2.75) is 38.0 Å². The molecule has 0 radical (unpaired) electrons. The fraction of sp³-hybridized carbons (Fsp3) is 0.667. The molecule has 0 amide bonds. The molecular formula is C9H11N2NaO2S. The third kappa shape index (κ3) is 3.24. The molecule has 0 unspecified atom stereocenters. The molecule has 0 atom stereocenters. The van der Waals surface area contributed by atoms with Crippen LogP contribution in [0.2, 0.25) is 0 Å². The predicted octanol–water partition coefficient (Wildman–Crippen LogP) is -2.05. The summed E-state index contributed by atoms with van der Waals surface area (Å²) < 4.78 is 0. The van der Waals surface area contributed by atoms with Crippen molar-refractivity contribution in [1.82, 2.24) is 10.2 Å². The molecule has 0 aromatic carbocycles. The first-order valence-electron chi connectivity index (χ1n) is 4.82. The minimum absolute atomic E-state index is 0. The van der Waals surface area contributed by atoms with E-state index in [0.717, 1.165) is 29.2 Å². The van der Waals surface area contributed by atoms with Crippen molar-refractivity contribution in [1.29, 1.82) is 0 Å². The number of aromatic carboxylic acids is 1. The molecule has 0 aliphatic heterocycles. The Balaban J connectivity index is 0.00000112. The standard InChI is InChI=1S/C9H12N2O2S.Na/c12-9(13)8-11-10-7(14-8)6-4-2-1-3-5-6;/h6H,1-5H2,(H,12,13);/q;+1/p-1. The van der Waals surface area contributed by atoms with Crippen LogP contribution < -0.4 is 34.7 Å². The van der Waals surface area contributed by atoms with E-state index in [4.69, 9.17) is 0 Å². The van der Waals surface area contributed by atoms with Gasteiger partial charge in [0.05, 0.1) is 0 Å². The third-order valence-electron chi connectivity index (χ3n) is 2.57. The minimum Gasteiger partial charge on any atom is -0.542 e. The van der Waals surface area contributed by atoms with Gasteiger partial charge in [-0.3, -0.25) is 0 Å². The number of hydrogen-bond donors (Lipinski definition) is 0. The first-order chi connectivity index (χ1) is 6.77. The van der Waals surface area contributed by atoms with Gasteiger partial charge in [0.25, 0.3) is 0 Å². The van der Waals surface area contributed by atoms with E-state index in [1.165, 1.54) is 19.3 Å². The summed E-state index contributed by atoms with van der Waals surface area (Å²) in [5.74, 6) is -0.793. The molecule has 1 fully saturated rings. The van der Waals surface area contributed by atoms with Crippen LogP contribution in [-0.4, -0.2) is 16.2 Å². The maximum atomic E-state index is 10.5. The molecule has 4 nitrogen and oxygen atoms in total. The molecule has 0 N–H and O–H groups in total. The van der Waals surface area contributed by atoms with Gasteiger partial charge in [-0.15, -0.1) is 10.2 Å². The second-order valence-electron chi connectivity index (χ2n) is 3.57. The summed E-state index contributed by atoms with van der Waals surface area (Å²) >= 11 is 1.16. The van der Waals surface area contributed by atoms with Gasteiger partial charge in [0, 0.05) is 5.92 Å². The molecule has 1 aromatic heterocycles. The van der Waals surface area contributed by atoms with Gasteiger partial charge in [0.15, 0.2) is 5.01 Å². The number of carboxylic acid groups (broad SMARTS) is 1. The SMILES string of the molecule is O=C([O-])c1nnc(C2CCCCC2)s1.[Na+]. The molecule has 0 spiro atoms. The van der Waals surface area contributed by atoms with Crippen LogP contribution in [-0.2, 0) is 0 Å². The van der Waals surface area contributed by atoms with Gasteiger partial charge in [-0.25, -0.2) is 0 Å². The number of rotatable bonds is 2. The smallest absolute Gasteiger partial charge is 0.542 e. The Labute approximate surface area is 114 Å². The zero-order valence-corrected chi connectivity index (χ0v) is 11.5. The van der Waals surface area contributed by atoms with E-state index in [9.17, 15) is 9.90 Å². The van der Waals surface area contributed by atoms with Crippen LogP contribution in [0, 0.1) is 0 Å². The van der Waals surface area contributed by atoms with Gasteiger partial charge in [-0.05, 0) is 12.8 Å². The number of carbonyl (C=O) groups excluding carboxylic acids is 1. The Kier molecular flexibility index (Phi) is 5.18. The number of carbonyl (C=O) groups is 1. The molecule has 1 aromatic rings. The van der Waals surface area contributed by atoms with E-state index in [2.05, 4.69) is 10.2 Å². The normalized spacial score (nSPS) is 17.1. The Morgan fingerprint density at radius 3 is 2.47 bits per heavy atom. The van der Waals surface area contributed by atoms with Crippen molar-refractivity contribution < 1.29 is 39.5 Å². The van der Waals surface area contributed by atoms with Gasteiger partial charge in [0.1, 0.15) is 11.0 Å². The molecule has 76 valence electrons. The molecule has 2 rings (SSSR count). The van der Waals surface area contributed by atoms with Crippen LogP contribution in [0.25, 0.3) is 0 Å². The molecule has 1 aliphatic carbocycles. The van der Waals surface area contributed by atoms with Crippen molar-refractivity contribution in [2.24, 2.45) is 0 Å². The van der Waals surface area contributed by atoms with Gasteiger partial charge in [-0.1, -0.05) is 30.6 Å². The van der Waals surface area contributed by atoms with Crippen molar-refractivity contribution in [3.05, 3.63) is 10.0 Å². The fourth-order valence-corrected chi connectivity index (χ4v) is 2.68. The van der Waals surface area contributed by atoms with Crippen molar-refractivity contribution in [2.75, 3.05) is 0 Å². The summed E-state index contributed by atoms with van der Waals surface area (Å²) in [6.45, 7) is 0. The van der Waals surface area contributed by atoms with Crippen LogP contribution in [0.5, 0.6) is 0 Å². The van der Waals surface area contributed by atoms with E-state index in [1.54, 1.807) is 0 Å².